The van der Waals surface area contributed by atoms with Crippen LogP contribution in [0.2, 0.25) is 5.02 Å². The summed E-state index contributed by atoms with van der Waals surface area (Å²) in [6.45, 7) is 4.33. The summed E-state index contributed by atoms with van der Waals surface area (Å²) >= 11 is 6.13. The molecule has 0 aliphatic rings. The molecule has 0 radical (unpaired) electrons. The Hall–Kier alpha value is -3.03. The summed E-state index contributed by atoms with van der Waals surface area (Å²) in [4.78, 5) is 12.6. The molecule has 0 spiro atoms. The number of ether oxygens (including phenoxy) is 1. The Morgan fingerprint density at radius 2 is 1.71 bits per heavy atom. The lowest BCUT2D eigenvalue weighted by Gasteiger charge is -2.16. The van der Waals surface area contributed by atoms with E-state index in [-0.39, 0.29) is 21.5 Å². The van der Waals surface area contributed by atoms with Crippen molar-refractivity contribution in [1.29, 1.82) is 0 Å². The Bertz CT molecular complexity index is 1150. The molecule has 0 heterocycles. The van der Waals surface area contributed by atoms with Crippen LogP contribution in [0.15, 0.2) is 77.7 Å². The van der Waals surface area contributed by atoms with Crippen molar-refractivity contribution in [3.63, 3.8) is 0 Å². The average Bonchev–Trinajstić information content (AvgIpc) is 2.75. The number of halogens is 1. The lowest BCUT2D eigenvalue weighted by atomic mass is 10.1. The molecule has 1 atom stereocenters. The number of carbonyl (C=O) groups excluding carboxylic acids is 1. The van der Waals surface area contributed by atoms with Crippen molar-refractivity contribution >= 4 is 33.2 Å². The van der Waals surface area contributed by atoms with Gasteiger partial charge in [-0.15, -0.1) is 0 Å². The minimum absolute atomic E-state index is 0.0274. The molecular weight excluding hydrogens is 436 g/mol. The van der Waals surface area contributed by atoms with E-state index in [1.165, 1.54) is 18.2 Å². The Morgan fingerprint density at radius 3 is 2.35 bits per heavy atom. The van der Waals surface area contributed by atoms with Gasteiger partial charge in [-0.05, 0) is 61.9 Å². The highest BCUT2D eigenvalue weighted by Crippen LogP contribution is 2.26. The number of hydrogen-bond acceptors (Lipinski definition) is 4. The molecule has 3 aromatic carbocycles. The number of benzene rings is 3. The van der Waals surface area contributed by atoms with Crippen LogP contribution in [0.5, 0.6) is 5.75 Å². The SMILES string of the molecule is CCOc1ccc([C@@H](C)NC(=O)c2ccc(Cl)c(S(=O)(=O)Nc3ccccc3)c2)cc1. The van der Waals surface area contributed by atoms with Crippen LogP contribution in [0, 0.1) is 0 Å². The molecule has 0 bridgehead atoms. The van der Waals surface area contributed by atoms with E-state index in [0.29, 0.717) is 12.3 Å². The van der Waals surface area contributed by atoms with E-state index in [9.17, 15) is 13.2 Å². The molecule has 1 amide bonds. The van der Waals surface area contributed by atoms with Crippen LogP contribution >= 0.6 is 11.6 Å². The van der Waals surface area contributed by atoms with E-state index in [1.54, 1.807) is 30.3 Å². The average molecular weight is 459 g/mol. The first-order valence-corrected chi connectivity index (χ1v) is 11.6. The molecule has 2 N–H and O–H groups in total. The molecule has 6 nitrogen and oxygen atoms in total. The topological polar surface area (TPSA) is 84.5 Å². The molecule has 3 aromatic rings. The summed E-state index contributed by atoms with van der Waals surface area (Å²) in [7, 11) is -3.97. The summed E-state index contributed by atoms with van der Waals surface area (Å²) in [6, 6.07) is 19.7. The highest BCUT2D eigenvalue weighted by Gasteiger charge is 2.21. The fraction of sp³-hybridized carbons (Fsp3) is 0.174. The zero-order chi connectivity index (χ0) is 22.4. The minimum atomic E-state index is -3.97. The van der Waals surface area contributed by atoms with Crippen molar-refractivity contribution in [2.75, 3.05) is 11.3 Å². The van der Waals surface area contributed by atoms with Crippen molar-refractivity contribution in [3.8, 4) is 5.75 Å². The number of nitrogens with one attached hydrogen (secondary N) is 2. The van der Waals surface area contributed by atoms with Gasteiger partial charge in [0, 0.05) is 11.3 Å². The summed E-state index contributed by atoms with van der Waals surface area (Å²) in [6.07, 6.45) is 0. The van der Waals surface area contributed by atoms with Gasteiger partial charge in [0.2, 0.25) is 0 Å². The van der Waals surface area contributed by atoms with Crippen molar-refractivity contribution in [2.24, 2.45) is 0 Å². The molecule has 0 saturated carbocycles. The standard InChI is InChI=1S/C23H23ClN2O4S/c1-3-30-20-12-9-17(10-13-20)16(2)25-23(27)18-11-14-21(24)22(15-18)31(28,29)26-19-7-5-4-6-8-19/h4-16,26H,3H2,1-2H3,(H,25,27)/t16-/m1/s1. The number of anilines is 1. The Balaban J connectivity index is 1.77. The number of sulfonamides is 1. The van der Waals surface area contributed by atoms with Gasteiger partial charge < -0.3 is 10.1 Å². The Labute approximate surface area is 187 Å². The van der Waals surface area contributed by atoms with Crippen LogP contribution in [0.1, 0.15) is 35.8 Å². The number of para-hydroxylation sites is 1. The van der Waals surface area contributed by atoms with Crippen molar-refractivity contribution in [1.82, 2.24) is 5.32 Å². The fourth-order valence-electron chi connectivity index (χ4n) is 2.95. The predicted octanol–water partition coefficient (Wildman–Crippen LogP) is 5.03. The van der Waals surface area contributed by atoms with Gasteiger partial charge in [0.25, 0.3) is 15.9 Å². The van der Waals surface area contributed by atoms with Crippen LogP contribution < -0.4 is 14.8 Å². The first-order chi connectivity index (χ1) is 14.8. The van der Waals surface area contributed by atoms with Gasteiger partial charge in [-0.2, -0.15) is 0 Å². The van der Waals surface area contributed by atoms with Gasteiger partial charge in [-0.1, -0.05) is 41.9 Å². The van der Waals surface area contributed by atoms with Gasteiger partial charge in [0.05, 0.1) is 17.7 Å². The van der Waals surface area contributed by atoms with Crippen molar-refractivity contribution in [3.05, 3.63) is 88.9 Å². The minimum Gasteiger partial charge on any atom is -0.494 e. The lowest BCUT2D eigenvalue weighted by Crippen LogP contribution is -2.27. The summed E-state index contributed by atoms with van der Waals surface area (Å²) in [5.41, 5.74) is 1.48. The quantitative estimate of drug-likeness (QED) is 0.495. The molecule has 3 rings (SSSR count). The van der Waals surface area contributed by atoms with Crippen LogP contribution in [0.4, 0.5) is 5.69 Å². The zero-order valence-corrected chi connectivity index (χ0v) is 18.7. The predicted molar refractivity (Wildman–Crippen MR) is 122 cm³/mol. The third-order valence-electron chi connectivity index (χ3n) is 4.55. The van der Waals surface area contributed by atoms with Crippen molar-refractivity contribution in [2.45, 2.75) is 24.8 Å². The third kappa shape index (κ3) is 5.77. The van der Waals surface area contributed by atoms with Gasteiger partial charge in [0.15, 0.2) is 0 Å². The third-order valence-corrected chi connectivity index (χ3v) is 6.41. The van der Waals surface area contributed by atoms with Gasteiger partial charge in [0.1, 0.15) is 10.6 Å². The largest absolute Gasteiger partial charge is 0.494 e. The molecule has 0 saturated heterocycles. The fourth-order valence-corrected chi connectivity index (χ4v) is 4.54. The normalized spacial score (nSPS) is 12.1. The second-order valence-electron chi connectivity index (χ2n) is 6.81. The van der Waals surface area contributed by atoms with Crippen molar-refractivity contribution < 1.29 is 17.9 Å². The number of amides is 1. The summed E-state index contributed by atoms with van der Waals surface area (Å²) < 4.78 is 33.5. The summed E-state index contributed by atoms with van der Waals surface area (Å²) in [5, 5.41) is 2.90. The second-order valence-corrected chi connectivity index (χ2v) is 8.87. The van der Waals surface area contributed by atoms with E-state index in [1.807, 2.05) is 38.1 Å². The summed E-state index contributed by atoms with van der Waals surface area (Å²) in [5.74, 6) is 0.345. The van der Waals surface area contributed by atoms with Gasteiger partial charge in [-0.3, -0.25) is 9.52 Å². The van der Waals surface area contributed by atoms with E-state index < -0.39 is 15.9 Å². The number of hydrogen-bond donors (Lipinski definition) is 2. The highest BCUT2D eigenvalue weighted by atomic mass is 35.5. The zero-order valence-electron chi connectivity index (χ0n) is 17.1. The van der Waals surface area contributed by atoms with Crippen LogP contribution in [0.3, 0.4) is 0 Å². The molecule has 31 heavy (non-hydrogen) atoms. The molecule has 0 aromatic heterocycles. The van der Waals surface area contributed by atoms with E-state index in [4.69, 9.17) is 16.3 Å². The number of rotatable bonds is 8. The Kier molecular flexibility index (Phi) is 7.20. The molecule has 8 heteroatoms. The monoisotopic (exact) mass is 458 g/mol. The second kappa shape index (κ2) is 9.85. The molecule has 0 fully saturated rings. The van der Waals surface area contributed by atoms with Crippen LogP contribution in [-0.2, 0) is 10.0 Å². The first-order valence-electron chi connectivity index (χ1n) is 9.71. The maximum Gasteiger partial charge on any atom is 0.263 e. The van der Waals surface area contributed by atoms with Crippen LogP contribution in [-0.4, -0.2) is 20.9 Å². The van der Waals surface area contributed by atoms with E-state index >= 15 is 0 Å². The Morgan fingerprint density at radius 1 is 1.03 bits per heavy atom. The van der Waals surface area contributed by atoms with E-state index in [2.05, 4.69) is 10.0 Å². The smallest absolute Gasteiger partial charge is 0.263 e. The highest BCUT2D eigenvalue weighted by molar-refractivity contribution is 7.92. The van der Waals surface area contributed by atoms with E-state index in [0.717, 1.165) is 11.3 Å². The molecule has 0 unspecified atom stereocenters. The lowest BCUT2D eigenvalue weighted by molar-refractivity contribution is 0.0939. The molecule has 0 aliphatic heterocycles. The van der Waals surface area contributed by atoms with Crippen LogP contribution in [0.25, 0.3) is 0 Å². The number of carbonyl (C=O) groups is 1. The maximum atomic E-state index is 12.8. The first kappa shape index (κ1) is 22.7. The van der Waals surface area contributed by atoms with Gasteiger partial charge in [-0.25, -0.2) is 8.42 Å². The molecule has 162 valence electrons. The molecule has 0 aliphatic carbocycles. The maximum absolute atomic E-state index is 12.8. The molecular formula is C23H23ClN2O4S. The van der Waals surface area contributed by atoms with Gasteiger partial charge >= 0.3 is 0 Å².